The number of hydrogen-bond acceptors (Lipinski definition) is 4. The van der Waals surface area contributed by atoms with Gasteiger partial charge in [-0.3, -0.25) is 9.69 Å². The summed E-state index contributed by atoms with van der Waals surface area (Å²) >= 11 is 0. The van der Waals surface area contributed by atoms with Crippen LogP contribution in [0.5, 0.6) is 11.5 Å². The third-order valence-corrected chi connectivity index (χ3v) is 5.18. The van der Waals surface area contributed by atoms with Crippen molar-refractivity contribution in [1.82, 2.24) is 10.2 Å². The number of nitrogens with zero attached hydrogens (tertiary/aromatic N) is 1. The molecule has 3 amide bonds. The average molecular weight is 398 g/mol. The van der Waals surface area contributed by atoms with Gasteiger partial charge in [0.05, 0.1) is 14.2 Å². The van der Waals surface area contributed by atoms with E-state index in [1.165, 1.54) is 4.90 Å². The Hall–Kier alpha value is -3.06. The summed E-state index contributed by atoms with van der Waals surface area (Å²) in [6.07, 6.45) is 0. The Bertz CT molecular complexity index is 856. The van der Waals surface area contributed by atoms with Crippen LogP contribution < -0.4 is 19.7 Å². The molecule has 2 N–H and O–H groups in total. The predicted molar refractivity (Wildman–Crippen MR) is 109 cm³/mol. The van der Waals surface area contributed by atoms with Crippen LogP contribution in [0.3, 0.4) is 0 Å². The van der Waals surface area contributed by atoms with Gasteiger partial charge in [0.15, 0.2) is 17.5 Å². The van der Waals surface area contributed by atoms with E-state index in [0.717, 1.165) is 16.0 Å². The number of likely N-dealkylation sites (N-methyl/N-ethyl adjacent to an activating group) is 1. The molecule has 1 aliphatic rings. The fourth-order valence-electron chi connectivity index (χ4n) is 3.28. The van der Waals surface area contributed by atoms with E-state index in [4.69, 9.17) is 9.47 Å². The molecule has 154 valence electrons. The largest absolute Gasteiger partial charge is 0.493 e. The van der Waals surface area contributed by atoms with Crippen LogP contribution in [-0.2, 0) is 17.9 Å². The van der Waals surface area contributed by atoms with E-state index in [0.29, 0.717) is 37.7 Å². The molecule has 0 saturated carbocycles. The monoisotopic (exact) mass is 398 g/mol. The minimum atomic E-state index is -0.334. The molecule has 1 aliphatic heterocycles. The zero-order chi connectivity index (χ0) is 20.8. The van der Waals surface area contributed by atoms with Crippen molar-refractivity contribution in [1.29, 1.82) is 0 Å². The normalized spacial score (nSPS) is 15.6. The lowest BCUT2D eigenvalue weighted by atomic mass is 10.1. The molecule has 0 bridgehead atoms. The molecule has 7 nitrogen and oxygen atoms in total. The number of imide groups is 1. The van der Waals surface area contributed by atoms with Crippen LogP contribution in [0.4, 0.5) is 4.79 Å². The standard InChI is InChI=1S/C22H27N3O4/c1-16(21(26)25-12-11-23-22(25)27)24(2)14-18-9-10-19(20(13-18)28-3)29-15-17-7-5-4-6-8-17/h4-10,13,16H,11-12,14-15H2,1-3H3,(H,23,27)/p+1/t16-/m1/s1. The van der Waals surface area contributed by atoms with Gasteiger partial charge >= 0.3 is 6.03 Å². The van der Waals surface area contributed by atoms with Gasteiger partial charge in [-0.1, -0.05) is 30.3 Å². The summed E-state index contributed by atoms with van der Waals surface area (Å²) < 4.78 is 11.4. The first-order chi connectivity index (χ1) is 14.0. The molecule has 3 rings (SSSR count). The maximum Gasteiger partial charge on any atom is 0.324 e. The number of urea groups is 1. The molecule has 0 radical (unpaired) electrons. The van der Waals surface area contributed by atoms with Crippen LogP contribution in [0.25, 0.3) is 0 Å². The van der Waals surface area contributed by atoms with Crippen molar-refractivity contribution in [2.75, 3.05) is 27.2 Å². The summed E-state index contributed by atoms with van der Waals surface area (Å²) in [6, 6.07) is 15.1. The number of methoxy groups -OCH3 is 1. The zero-order valence-electron chi connectivity index (χ0n) is 17.1. The Labute approximate surface area is 171 Å². The quantitative estimate of drug-likeness (QED) is 0.702. The lowest BCUT2D eigenvalue weighted by Gasteiger charge is -2.24. The molecule has 1 fully saturated rings. The fourth-order valence-corrected chi connectivity index (χ4v) is 3.28. The number of carbonyl (C=O) groups excluding carboxylic acids is 2. The van der Waals surface area contributed by atoms with Crippen molar-refractivity contribution < 1.29 is 24.0 Å². The van der Waals surface area contributed by atoms with E-state index >= 15 is 0 Å². The van der Waals surface area contributed by atoms with Gasteiger partial charge < -0.3 is 19.7 Å². The molecule has 2 aromatic carbocycles. The van der Waals surface area contributed by atoms with Crippen molar-refractivity contribution in [3.63, 3.8) is 0 Å². The Morgan fingerprint density at radius 3 is 2.59 bits per heavy atom. The zero-order valence-corrected chi connectivity index (χ0v) is 17.1. The summed E-state index contributed by atoms with van der Waals surface area (Å²) in [5.41, 5.74) is 2.11. The lowest BCUT2D eigenvalue weighted by molar-refractivity contribution is -0.908. The molecule has 2 aromatic rings. The van der Waals surface area contributed by atoms with Crippen LogP contribution in [-0.4, -0.2) is 50.1 Å². The number of hydrogen-bond donors (Lipinski definition) is 2. The van der Waals surface area contributed by atoms with Crippen molar-refractivity contribution >= 4 is 11.9 Å². The topological polar surface area (TPSA) is 72.3 Å². The summed E-state index contributed by atoms with van der Waals surface area (Å²) in [5.74, 6) is 1.17. The molecule has 1 unspecified atom stereocenters. The minimum absolute atomic E-state index is 0.160. The summed E-state index contributed by atoms with van der Waals surface area (Å²) in [4.78, 5) is 26.6. The Morgan fingerprint density at radius 1 is 1.17 bits per heavy atom. The Balaban J connectivity index is 1.63. The molecule has 29 heavy (non-hydrogen) atoms. The van der Waals surface area contributed by atoms with E-state index in [2.05, 4.69) is 5.32 Å². The van der Waals surface area contributed by atoms with Crippen LogP contribution in [0.1, 0.15) is 18.1 Å². The van der Waals surface area contributed by atoms with E-state index in [1.54, 1.807) is 7.11 Å². The number of nitrogens with one attached hydrogen (secondary N) is 2. The maximum absolute atomic E-state index is 12.6. The number of amides is 3. The predicted octanol–water partition coefficient (Wildman–Crippen LogP) is 1.23. The summed E-state index contributed by atoms with van der Waals surface area (Å²) in [5, 5.41) is 2.67. The SMILES string of the molecule is COc1cc(C[NH+](C)[C@H](C)C(=O)N2CCNC2=O)ccc1OCc1ccccc1. The lowest BCUT2D eigenvalue weighted by Crippen LogP contribution is -3.12. The van der Waals surface area contributed by atoms with Crippen LogP contribution in [0, 0.1) is 0 Å². The summed E-state index contributed by atoms with van der Waals surface area (Å²) in [6.45, 7) is 3.87. The third kappa shape index (κ3) is 5.06. The molecule has 2 atom stereocenters. The van der Waals surface area contributed by atoms with Gasteiger partial charge in [0.2, 0.25) is 0 Å². The molecule has 0 aliphatic carbocycles. The smallest absolute Gasteiger partial charge is 0.324 e. The third-order valence-electron chi connectivity index (χ3n) is 5.18. The van der Waals surface area contributed by atoms with Gasteiger partial charge in [0.25, 0.3) is 5.91 Å². The highest BCUT2D eigenvalue weighted by molar-refractivity contribution is 5.97. The molecule has 1 saturated heterocycles. The second kappa shape index (κ2) is 9.43. The molecule has 0 spiro atoms. The first kappa shape index (κ1) is 20.7. The number of ether oxygens (including phenoxy) is 2. The number of quaternary nitrogens is 1. The van der Waals surface area contributed by atoms with E-state index in [9.17, 15) is 9.59 Å². The van der Waals surface area contributed by atoms with Gasteiger partial charge in [-0.25, -0.2) is 4.79 Å². The second-order valence-electron chi connectivity index (χ2n) is 7.23. The van der Waals surface area contributed by atoms with Gasteiger partial charge in [-0.15, -0.1) is 0 Å². The highest BCUT2D eigenvalue weighted by Gasteiger charge is 2.33. The number of carbonyl (C=O) groups is 2. The minimum Gasteiger partial charge on any atom is -0.493 e. The average Bonchev–Trinajstić information content (AvgIpc) is 3.18. The van der Waals surface area contributed by atoms with E-state index < -0.39 is 0 Å². The van der Waals surface area contributed by atoms with Gasteiger partial charge in [-0.05, 0) is 30.7 Å². The Morgan fingerprint density at radius 2 is 1.93 bits per heavy atom. The van der Waals surface area contributed by atoms with Gasteiger partial charge in [-0.2, -0.15) is 0 Å². The molecule has 1 heterocycles. The fraction of sp³-hybridized carbons (Fsp3) is 0.364. The van der Waals surface area contributed by atoms with Gasteiger partial charge in [0.1, 0.15) is 13.2 Å². The van der Waals surface area contributed by atoms with Crippen LogP contribution in [0.2, 0.25) is 0 Å². The van der Waals surface area contributed by atoms with Crippen molar-refractivity contribution in [3.8, 4) is 11.5 Å². The van der Waals surface area contributed by atoms with Crippen LogP contribution in [0.15, 0.2) is 48.5 Å². The molecular weight excluding hydrogens is 370 g/mol. The van der Waals surface area contributed by atoms with Crippen molar-refractivity contribution in [2.24, 2.45) is 0 Å². The maximum atomic E-state index is 12.6. The number of benzene rings is 2. The molecule has 7 heteroatoms. The van der Waals surface area contributed by atoms with E-state index in [-0.39, 0.29) is 18.0 Å². The molecular formula is C22H28N3O4+. The Kier molecular flexibility index (Phi) is 6.72. The first-order valence-electron chi connectivity index (χ1n) is 9.74. The highest BCUT2D eigenvalue weighted by Crippen LogP contribution is 2.28. The van der Waals surface area contributed by atoms with Crippen molar-refractivity contribution in [3.05, 3.63) is 59.7 Å². The van der Waals surface area contributed by atoms with Crippen molar-refractivity contribution in [2.45, 2.75) is 26.1 Å². The van der Waals surface area contributed by atoms with E-state index in [1.807, 2.05) is 62.5 Å². The van der Waals surface area contributed by atoms with Crippen LogP contribution >= 0.6 is 0 Å². The first-order valence-corrected chi connectivity index (χ1v) is 9.74. The summed E-state index contributed by atoms with van der Waals surface area (Å²) in [7, 11) is 3.56. The highest BCUT2D eigenvalue weighted by atomic mass is 16.5. The number of rotatable bonds is 8. The molecule has 0 aromatic heterocycles. The van der Waals surface area contributed by atoms with Gasteiger partial charge in [0, 0.05) is 18.7 Å². The second-order valence-corrected chi connectivity index (χ2v) is 7.23.